The summed E-state index contributed by atoms with van der Waals surface area (Å²) in [6.07, 6.45) is 4.17. The lowest BCUT2D eigenvalue weighted by Gasteiger charge is -2.42. The molecule has 14 rings (SSSR count). The normalized spacial score (nSPS) is 15.4. The molecule has 0 radical (unpaired) electrons. The molecule has 0 amide bonds. The summed E-state index contributed by atoms with van der Waals surface area (Å²) >= 11 is 0. The molecule has 4 aliphatic rings. The van der Waals surface area contributed by atoms with Crippen molar-refractivity contribution >= 4 is 39.7 Å². The van der Waals surface area contributed by atoms with Gasteiger partial charge in [0.15, 0.2) is 0 Å². The summed E-state index contributed by atoms with van der Waals surface area (Å²) in [5.41, 5.74) is 23.5. The van der Waals surface area contributed by atoms with E-state index in [4.69, 9.17) is 9.15 Å². The monoisotopic (exact) mass is 913 g/mol. The van der Waals surface area contributed by atoms with Crippen LogP contribution in [0.3, 0.4) is 0 Å². The molecule has 0 bridgehead atoms. The zero-order chi connectivity index (χ0) is 48.0. The summed E-state index contributed by atoms with van der Waals surface area (Å²) in [7, 11) is 0. The predicted molar refractivity (Wildman–Crippen MR) is 293 cm³/mol. The Kier molecular flexibility index (Phi) is 8.67. The number of furan rings is 1. The first-order valence-corrected chi connectivity index (χ1v) is 24.9. The summed E-state index contributed by atoms with van der Waals surface area (Å²) < 4.78 is 13.9. The van der Waals surface area contributed by atoms with Crippen LogP contribution >= 0.6 is 0 Å². The van der Waals surface area contributed by atoms with Gasteiger partial charge in [0.05, 0.1) is 11.1 Å². The maximum atomic E-state index is 6.95. The Hall–Kier alpha value is -8.40. The van der Waals surface area contributed by atoms with Gasteiger partial charge in [-0.3, -0.25) is 0 Å². The van der Waals surface area contributed by atoms with Crippen molar-refractivity contribution in [3.05, 3.63) is 268 Å². The number of allylic oxidation sites excluding steroid dienone is 1. The molecule has 0 fully saturated rings. The van der Waals surface area contributed by atoms with Crippen LogP contribution < -0.4 is 9.64 Å². The fourth-order valence-corrected chi connectivity index (χ4v) is 13.3. The van der Waals surface area contributed by atoms with E-state index in [1.54, 1.807) is 0 Å². The van der Waals surface area contributed by atoms with Gasteiger partial charge in [0.2, 0.25) is 0 Å². The summed E-state index contributed by atoms with van der Waals surface area (Å²) in [5.74, 6) is 2.51. The number of nitrogens with zero attached hydrogens (tertiary/aromatic N) is 1. The zero-order valence-corrected chi connectivity index (χ0v) is 40.6. The fraction of sp³-hybridized carbons (Fsp3) is 0.118. The fourth-order valence-electron chi connectivity index (χ4n) is 13.3. The molecule has 0 saturated heterocycles. The lowest BCUT2D eigenvalue weighted by Crippen LogP contribution is -2.33. The summed E-state index contributed by atoms with van der Waals surface area (Å²) in [4.78, 5) is 2.57. The number of fused-ring (bicyclic) bond motifs is 16. The van der Waals surface area contributed by atoms with Crippen molar-refractivity contribution in [2.45, 2.75) is 50.9 Å². The molecule has 71 heavy (non-hydrogen) atoms. The molecular weight excluding hydrogens is 863 g/mol. The second-order valence-electron chi connectivity index (χ2n) is 20.7. The predicted octanol–water partition coefficient (Wildman–Crippen LogP) is 18.1. The molecule has 340 valence electrons. The SMILES string of the molecule is C=Cc1c(/C(=C\C)c2ccc(N(c3ccc4c(c3)C(C)(C)c3ccccc3-4)c3ccc4c(c3)C(C)(C)c3ccccc3-4)c3c2-c2ccccc2C32c3ccccc3Oc3ccccc32)oc2ccccc12. The van der Waals surface area contributed by atoms with Crippen LogP contribution in [-0.2, 0) is 16.2 Å². The van der Waals surface area contributed by atoms with Crippen LogP contribution in [-0.4, -0.2) is 0 Å². The second kappa shape index (κ2) is 14.8. The molecule has 1 aromatic heterocycles. The highest BCUT2D eigenvalue weighted by molar-refractivity contribution is 6.04. The van der Waals surface area contributed by atoms with Crippen molar-refractivity contribution in [3.63, 3.8) is 0 Å². The first-order valence-electron chi connectivity index (χ1n) is 24.9. The molecule has 10 aromatic rings. The molecule has 3 nitrogen and oxygen atoms in total. The van der Waals surface area contributed by atoms with Crippen LogP contribution in [0.4, 0.5) is 17.1 Å². The third-order valence-corrected chi connectivity index (χ3v) is 16.5. The van der Waals surface area contributed by atoms with Crippen molar-refractivity contribution < 1.29 is 9.15 Å². The highest BCUT2D eigenvalue weighted by Gasteiger charge is 2.54. The number of para-hydroxylation sites is 3. The first-order chi connectivity index (χ1) is 34.7. The van der Waals surface area contributed by atoms with Crippen LogP contribution in [0, 0.1) is 0 Å². The van der Waals surface area contributed by atoms with Gasteiger partial charge in [-0.25, -0.2) is 0 Å². The Morgan fingerprint density at radius 2 is 0.986 bits per heavy atom. The zero-order valence-electron chi connectivity index (χ0n) is 40.6. The van der Waals surface area contributed by atoms with E-state index in [-0.39, 0.29) is 10.8 Å². The van der Waals surface area contributed by atoms with Gasteiger partial charge in [-0.15, -0.1) is 0 Å². The Morgan fingerprint density at radius 3 is 1.56 bits per heavy atom. The highest BCUT2D eigenvalue weighted by Crippen LogP contribution is 2.66. The minimum Gasteiger partial charge on any atom is -0.457 e. The average Bonchev–Trinajstić information content (AvgIpc) is 4.07. The van der Waals surface area contributed by atoms with Gasteiger partial charge in [0, 0.05) is 55.4 Å². The lowest BCUT2D eigenvalue weighted by molar-refractivity contribution is 0.436. The maximum Gasteiger partial charge on any atom is 0.142 e. The van der Waals surface area contributed by atoms with Gasteiger partial charge >= 0.3 is 0 Å². The molecule has 0 unspecified atom stereocenters. The van der Waals surface area contributed by atoms with E-state index in [0.29, 0.717) is 0 Å². The number of rotatable bonds is 6. The Bertz CT molecular complexity index is 3820. The average molecular weight is 914 g/mol. The standard InChI is InChI=1S/C68H51NO2/c1-7-43-49-23-12-18-30-60(49)71-65(43)44(8-2)50-37-38-59(64-63(50)51-24-11-15-27-54(51)68(64)55-28-16-19-31-61(55)70-62-32-20-17-29-56(62)68)69(41-33-35-47-45-21-9-13-25-52(45)66(3,4)57(47)39-41)42-34-36-48-46-22-10-14-26-53(46)67(5,6)58(48)40-42/h7-40H,1H2,2-6H3/b44-8-. The van der Waals surface area contributed by atoms with Crippen molar-refractivity contribution in [2.75, 3.05) is 4.90 Å². The quantitative estimate of drug-likeness (QED) is 0.166. The van der Waals surface area contributed by atoms with Gasteiger partial charge in [0.1, 0.15) is 22.8 Å². The van der Waals surface area contributed by atoms with E-state index >= 15 is 0 Å². The number of ether oxygens (including phenoxy) is 1. The lowest BCUT2D eigenvalue weighted by atomic mass is 9.65. The maximum absolute atomic E-state index is 6.95. The molecule has 0 N–H and O–H groups in total. The summed E-state index contributed by atoms with van der Waals surface area (Å²) in [5, 5.41) is 1.05. The van der Waals surface area contributed by atoms with Crippen LogP contribution in [0.2, 0.25) is 0 Å². The van der Waals surface area contributed by atoms with E-state index < -0.39 is 5.41 Å². The van der Waals surface area contributed by atoms with Crippen LogP contribution in [0.15, 0.2) is 211 Å². The highest BCUT2D eigenvalue weighted by atomic mass is 16.5. The first kappa shape index (κ1) is 41.6. The molecule has 0 atom stereocenters. The molecule has 2 heterocycles. The largest absolute Gasteiger partial charge is 0.457 e. The van der Waals surface area contributed by atoms with Gasteiger partial charge in [-0.2, -0.15) is 0 Å². The smallest absolute Gasteiger partial charge is 0.142 e. The van der Waals surface area contributed by atoms with E-state index in [0.717, 1.165) is 73.1 Å². The third kappa shape index (κ3) is 5.44. The van der Waals surface area contributed by atoms with E-state index in [9.17, 15) is 0 Å². The Balaban J connectivity index is 1.13. The number of hydrogen-bond acceptors (Lipinski definition) is 3. The number of hydrogen-bond donors (Lipinski definition) is 0. The minimum atomic E-state index is -0.798. The van der Waals surface area contributed by atoms with Gasteiger partial charge in [0.25, 0.3) is 0 Å². The molecule has 0 saturated carbocycles. The molecule has 1 spiro atoms. The molecular formula is C68H51NO2. The van der Waals surface area contributed by atoms with E-state index in [1.165, 1.54) is 66.8 Å². The Labute approximate surface area is 415 Å². The van der Waals surface area contributed by atoms with E-state index in [2.05, 4.69) is 240 Å². The van der Waals surface area contributed by atoms with Gasteiger partial charge < -0.3 is 14.1 Å². The van der Waals surface area contributed by atoms with Crippen LogP contribution in [0.25, 0.3) is 56.0 Å². The topological polar surface area (TPSA) is 25.6 Å². The number of anilines is 3. The number of benzene rings is 9. The second-order valence-corrected chi connectivity index (χ2v) is 20.7. The van der Waals surface area contributed by atoms with Crippen LogP contribution in [0.5, 0.6) is 11.5 Å². The molecule has 1 aliphatic heterocycles. The summed E-state index contributed by atoms with van der Waals surface area (Å²) in [6, 6.07) is 71.7. The van der Waals surface area contributed by atoms with Gasteiger partial charge in [-0.1, -0.05) is 192 Å². The van der Waals surface area contributed by atoms with Crippen molar-refractivity contribution in [1.29, 1.82) is 0 Å². The molecule has 9 aromatic carbocycles. The van der Waals surface area contributed by atoms with Crippen LogP contribution in [0.1, 0.15) is 96.0 Å². The van der Waals surface area contributed by atoms with Gasteiger partial charge in [-0.05, 0) is 122 Å². The Morgan fingerprint density at radius 1 is 0.493 bits per heavy atom. The van der Waals surface area contributed by atoms with E-state index in [1.807, 2.05) is 12.1 Å². The molecule has 3 heteroatoms. The van der Waals surface area contributed by atoms with Crippen molar-refractivity contribution in [1.82, 2.24) is 0 Å². The molecule has 3 aliphatic carbocycles. The summed E-state index contributed by atoms with van der Waals surface area (Å²) in [6.45, 7) is 16.0. The minimum absolute atomic E-state index is 0.215. The van der Waals surface area contributed by atoms with Crippen molar-refractivity contribution in [3.8, 4) is 44.9 Å². The van der Waals surface area contributed by atoms with Crippen molar-refractivity contribution in [2.24, 2.45) is 0 Å². The third-order valence-electron chi connectivity index (χ3n) is 16.5.